The van der Waals surface area contributed by atoms with Crippen molar-refractivity contribution in [3.8, 4) is 5.75 Å². The second kappa shape index (κ2) is 8.66. The molecular weight excluding hydrogens is 355 g/mol. The summed E-state index contributed by atoms with van der Waals surface area (Å²) in [6.45, 7) is -0.206. The van der Waals surface area contributed by atoms with Crippen LogP contribution in [0, 0.1) is 11.7 Å². The topological polar surface area (TPSA) is 98.9 Å². The Labute approximate surface area is 148 Å². The molecule has 1 atom stereocenters. The first-order valence-corrected chi connectivity index (χ1v) is 8.05. The van der Waals surface area contributed by atoms with Crippen molar-refractivity contribution in [3.05, 3.63) is 29.0 Å². The first kappa shape index (κ1) is 19.0. The summed E-state index contributed by atoms with van der Waals surface area (Å²) in [6.07, 6.45) is 1.31. The molecule has 2 rings (SSSR count). The van der Waals surface area contributed by atoms with Crippen LogP contribution in [0.2, 0.25) is 5.02 Å². The number of amides is 2. The smallest absolute Gasteiger partial charge is 0.344 e. The summed E-state index contributed by atoms with van der Waals surface area (Å²) in [5, 5.41) is 0.0229. The average Bonchev–Trinajstić information content (AvgIpc) is 2.59. The molecule has 0 bridgehead atoms. The van der Waals surface area contributed by atoms with E-state index in [1.54, 1.807) is 0 Å². The number of carbonyl (C=O) groups is 3. The third kappa shape index (κ3) is 5.60. The molecule has 0 radical (unpaired) electrons. The van der Waals surface area contributed by atoms with Gasteiger partial charge in [-0.2, -0.15) is 0 Å². The minimum absolute atomic E-state index is 0.0229. The highest BCUT2D eigenvalue weighted by Crippen LogP contribution is 2.24. The number of carbonyl (C=O) groups excluding carboxylic acids is 3. The lowest BCUT2D eigenvalue weighted by molar-refractivity contribution is -0.154. The molecule has 7 nitrogen and oxygen atoms in total. The van der Waals surface area contributed by atoms with Gasteiger partial charge in [-0.3, -0.25) is 9.59 Å². The van der Waals surface area contributed by atoms with Gasteiger partial charge in [0.15, 0.2) is 13.2 Å². The highest BCUT2D eigenvalue weighted by molar-refractivity contribution is 6.32. The Kier molecular flexibility index (Phi) is 6.58. The van der Waals surface area contributed by atoms with E-state index in [1.165, 1.54) is 11.0 Å². The summed E-state index contributed by atoms with van der Waals surface area (Å²) in [6, 6.07) is 3.48. The van der Waals surface area contributed by atoms with Crippen LogP contribution in [0.3, 0.4) is 0 Å². The van der Waals surface area contributed by atoms with Gasteiger partial charge in [-0.1, -0.05) is 11.6 Å². The number of nitrogens with zero attached hydrogens (tertiary/aromatic N) is 1. The molecule has 1 aliphatic rings. The number of likely N-dealkylation sites (tertiary alicyclic amines) is 1. The fourth-order valence-corrected chi connectivity index (χ4v) is 2.66. The fraction of sp³-hybridized carbons (Fsp3) is 0.438. The van der Waals surface area contributed by atoms with Crippen LogP contribution in [0.15, 0.2) is 18.2 Å². The van der Waals surface area contributed by atoms with Crippen LogP contribution >= 0.6 is 11.6 Å². The predicted octanol–water partition coefficient (Wildman–Crippen LogP) is 1.13. The zero-order valence-electron chi connectivity index (χ0n) is 13.4. The van der Waals surface area contributed by atoms with Gasteiger partial charge in [-0.05, 0) is 31.0 Å². The van der Waals surface area contributed by atoms with Crippen LogP contribution in [-0.4, -0.2) is 49.0 Å². The van der Waals surface area contributed by atoms with Crippen molar-refractivity contribution < 1.29 is 28.2 Å². The molecule has 1 fully saturated rings. The number of hydrogen-bond donors (Lipinski definition) is 1. The van der Waals surface area contributed by atoms with Gasteiger partial charge in [0, 0.05) is 13.1 Å². The van der Waals surface area contributed by atoms with E-state index in [-0.39, 0.29) is 23.2 Å². The van der Waals surface area contributed by atoms with E-state index in [9.17, 15) is 18.8 Å². The number of halogens is 2. The van der Waals surface area contributed by atoms with Crippen molar-refractivity contribution in [2.24, 2.45) is 11.7 Å². The highest BCUT2D eigenvalue weighted by Gasteiger charge is 2.27. The van der Waals surface area contributed by atoms with Gasteiger partial charge in [-0.15, -0.1) is 0 Å². The van der Waals surface area contributed by atoms with Crippen LogP contribution < -0.4 is 10.5 Å². The highest BCUT2D eigenvalue weighted by atomic mass is 35.5. The molecule has 1 aliphatic heterocycles. The summed E-state index contributed by atoms with van der Waals surface area (Å²) in [4.78, 5) is 36.3. The van der Waals surface area contributed by atoms with Gasteiger partial charge >= 0.3 is 5.97 Å². The van der Waals surface area contributed by atoms with Crippen LogP contribution in [0.5, 0.6) is 5.75 Å². The molecule has 0 aliphatic carbocycles. The Morgan fingerprint density at radius 3 is 2.76 bits per heavy atom. The molecular formula is C16H18ClFN2O5. The minimum atomic E-state index is -0.766. The van der Waals surface area contributed by atoms with Gasteiger partial charge in [0.1, 0.15) is 11.6 Å². The molecule has 0 unspecified atom stereocenters. The number of piperidine rings is 1. The summed E-state index contributed by atoms with van der Waals surface area (Å²) in [5.74, 6) is -2.39. The number of benzene rings is 1. The van der Waals surface area contributed by atoms with Crippen LogP contribution in [0.25, 0.3) is 0 Å². The lowest BCUT2D eigenvalue weighted by Crippen LogP contribution is -2.45. The van der Waals surface area contributed by atoms with Gasteiger partial charge in [0.2, 0.25) is 5.91 Å². The molecule has 136 valence electrons. The summed E-state index contributed by atoms with van der Waals surface area (Å²) < 4.78 is 22.9. The Bertz CT molecular complexity index is 670. The lowest BCUT2D eigenvalue weighted by Gasteiger charge is -2.31. The van der Waals surface area contributed by atoms with E-state index >= 15 is 0 Å². The van der Waals surface area contributed by atoms with E-state index in [4.69, 9.17) is 26.8 Å². The zero-order valence-corrected chi connectivity index (χ0v) is 14.1. The predicted molar refractivity (Wildman–Crippen MR) is 86.4 cm³/mol. The minimum Gasteiger partial charge on any atom is -0.480 e. The van der Waals surface area contributed by atoms with Crippen LogP contribution in [-0.2, 0) is 19.1 Å². The largest absolute Gasteiger partial charge is 0.480 e. The summed E-state index contributed by atoms with van der Waals surface area (Å²) >= 11 is 5.77. The maximum Gasteiger partial charge on any atom is 0.344 e. The second-order valence-corrected chi connectivity index (χ2v) is 6.01. The monoisotopic (exact) mass is 372 g/mol. The lowest BCUT2D eigenvalue weighted by atomic mass is 9.97. The van der Waals surface area contributed by atoms with E-state index in [2.05, 4.69) is 0 Å². The number of esters is 1. The Morgan fingerprint density at radius 2 is 2.08 bits per heavy atom. The molecule has 1 aromatic rings. The van der Waals surface area contributed by atoms with Gasteiger partial charge in [0.25, 0.3) is 5.91 Å². The van der Waals surface area contributed by atoms with Crippen molar-refractivity contribution >= 4 is 29.4 Å². The van der Waals surface area contributed by atoms with Crippen molar-refractivity contribution in [2.45, 2.75) is 12.8 Å². The third-order valence-electron chi connectivity index (χ3n) is 3.77. The summed E-state index contributed by atoms with van der Waals surface area (Å²) in [7, 11) is 0. The first-order chi connectivity index (χ1) is 11.9. The fourth-order valence-electron chi connectivity index (χ4n) is 2.44. The standard InChI is InChI=1S/C16H18ClFN2O5/c17-12-6-11(18)3-4-13(12)24-9-15(22)25-8-14(21)20-5-1-2-10(7-20)16(19)23/h3-4,6,10H,1-2,5,7-9H2,(H2,19,23)/t10-/m1/s1. The van der Waals surface area contributed by atoms with Gasteiger partial charge in [0.05, 0.1) is 10.9 Å². The second-order valence-electron chi connectivity index (χ2n) is 5.61. The SMILES string of the molecule is NC(=O)[C@@H]1CCCN(C(=O)COC(=O)COc2ccc(F)cc2Cl)C1. The van der Waals surface area contributed by atoms with E-state index in [0.717, 1.165) is 12.1 Å². The Hall–Kier alpha value is -2.35. The van der Waals surface area contributed by atoms with Crippen molar-refractivity contribution in [1.82, 2.24) is 4.90 Å². The van der Waals surface area contributed by atoms with Gasteiger partial charge < -0.3 is 20.1 Å². The molecule has 1 aromatic carbocycles. The summed E-state index contributed by atoms with van der Waals surface area (Å²) in [5.41, 5.74) is 5.26. The average molecular weight is 373 g/mol. The Balaban J connectivity index is 1.75. The van der Waals surface area contributed by atoms with E-state index in [1.807, 2.05) is 0 Å². The zero-order chi connectivity index (χ0) is 18.4. The van der Waals surface area contributed by atoms with Gasteiger partial charge in [-0.25, -0.2) is 9.18 Å². The van der Waals surface area contributed by atoms with Crippen molar-refractivity contribution in [1.29, 1.82) is 0 Å². The molecule has 0 aromatic heterocycles. The van der Waals surface area contributed by atoms with Crippen LogP contribution in [0.1, 0.15) is 12.8 Å². The third-order valence-corrected chi connectivity index (χ3v) is 4.07. The molecule has 0 saturated carbocycles. The molecule has 25 heavy (non-hydrogen) atoms. The molecule has 9 heteroatoms. The van der Waals surface area contributed by atoms with Crippen LogP contribution in [0.4, 0.5) is 4.39 Å². The molecule has 2 N–H and O–H groups in total. The Morgan fingerprint density at radius 1 is 1.32 bits per heavy atom. The number of primary amides is 1. The first-order valence-electron chi connectivity index (χ1n) is 7.67. The maximum absolute atomic E-state index is 12.9. The van der Waals surface area contributed by atoms with E-state index < -0.39 is 36.8 Å². The number of ether oxygens (including phenoxy) is 2. The number of hydrogen-bond acceptors (Lipinski definition) is 5. The molecule has 1 saturated heterocycles. The van der Waals surface area contributed by atoms with E-state index in [0.29, 0.717) is 19.4 Å². The maximum atomic E-state index is 12.9. The number of nitrogens with two attached hydrogens (primary N) is 1. The molecule has 1 heterocycles. The quantitative estimate of drug-likeness (QED) is 0.754. The molecule has 0 spiro atoms. The van der Waals surface area contributed by atoms with Crippen molar-refractivity contribution in [3.63, 3.8) is 0 Å². The van der Waals surface area contributed by atoms with Crippen molar-refractivity contribution in [2.75, 3.05) is 26.3 Å². The molecule has 2 amide bonds. The normalized spacial score (nSPS) is 17.0. The number of rotatable bonds is 6.